The number of aromatic nitrogens is 1. The van der Waals surface area contributed by atoms with Crippen molar-refractivity contribution in [3.05, 3.63) is 64.7 Å². The highest BCUT2D eigenvalue weighted by atomic mass is 32.1. The Balaban J connectivity index is 1.44. The van der Waals surface area contributed by atoms with Crippen molar-refractivity contribution >= 4 is 27.3 Å². The van der Waals surface area contributed by atoms with Crippen molar-refractivity contribution in [3.8, 4) is 0 Å². The summed E-state index contributed by atoms with van der Waals surface area (Å²) in [6, 6.07) is 16.3. The van der Waals surface area contributed by atoms with Gasteiger partial charge in [0.25, 0.3) is 0 Å². The molecule has 3 aromatic rings. The number of likely N-dealkylation sites (tertiary alicyclic amines) is 1. The van der Waals surface area contributed by atoms with Gasteiger partial charge < -0.3 is 9.64 Å². The minimum Gasteiger partial charge on any atom is -0.384 e. The number of carbonyl (C=O) groups excluding carboxylic acids is 1. The summed E-state index contributed by atoms with van der Waals surface area (Å²) in [5.41, 5.74) is 3.05. The first-order valence-electron chi connectivity index (χ1n) is 10.8. The fourth-order valence-corrected chi connectivity index (χ4v) is 5.44. The molecule has 0 spiro atoms. The van der Waals surface area contributed by atoms with Gasteiger partial charge in [-0.1, -0.05) is 30.3 Å². The normalized spacial score (nSPS) is 16.7. The Morgan fingerprint density at radius 1 is 1.20 bits per heavy atom. The van der Waals surface area contributed by atoms with Gasteiger partial charge in [0.15, 0.2) is 5.78 Å². The summed E-state index contributed by atoms with van der Waals surface area (Å²) in [7, 11) is 3.90. The van der Waals surface area contributed by atoms with Crippen LogP contribution in [0, 0.1) is 0 Å². The van der Waals surface area contributed by atoms with Crippen molar-refractivity contribution in [3.63, 3.8) is 0 Å². The van der Waals surface area contributed by atoms with Gasteiger partial charge in [0.2, 0.25) is 0 Å². The standard InChI is InChI=1S/C25H30N2O2S/c1-27-14-12-19(13-15-27)25-26-22-10-8-20(16-24(22)30-25)23(28)11-9-21(17-29-2)18-6-4-3-5-7-18/h3-8,10,16,19,21H,9,11-15,17H2,1-2H3/t21-/m0/s1. The molecule has 158 valence electrons. The first-order chi connectivity index (χ1) is 14.6. The van der Waals surface area contributed by atoms with Crippen molar-refractivity contribution in [2.75, 3.05) is 33.9 Å². The second-order valence-electron chi connectivity index (χ2n) is 8.34. The number of piperidine rings is 1. The van der Waals surface area contributed by atoms with Gasteiger partial charge in [0.05, 0.1) is 21.8 Å². The number of nitrogens with zero attached hydrogens (tertiary/aromatic N) is 2. The van der Waals surface area contributed by atoms with Crippen LogP contribution in [-0.2, 0) is 4.74 Å². The van der Waals surface area contributed by atoms with Gasteiger partial charge in [-0.05, 0) is 63.2 Å². The maximum atomic E-state index is 12.9. The summed E-state index contributed by atoms with van der Waals surface area (Å²) in [5.74, 6) is 0.991. The summed E-state index contributed by atoms with van der Waals surface area (Å²) in [6.07, 6.45) is 3.65. The number of fused-ring (bicyclic) bond motifs is 1. The predicted octanol–water partition coefficient (Wildman–Crippen LogP) is 5.50. The van der Waals surface area contributed by atoms with Crippen molar-refractivity contribution in [1.29, 1.82) is 0 Å². The van der Waals surface area contributed by atoms with Gasteiger partial charge >= 0.3 is 0 Å². The summed E-state index contributed by atoms with van der Waals surface area (Å²) < 4.78 is 6.53. The molecule has 0 bridgehead atoms. The Morgan fingerprint density at radius 3 is 2.70 bits per heavy atom. The van der Waals surface area contributed by atoms with E-state index in [1.165, 1.54) is 23.4 Å². The Hall–Kier alpha value is -2.08. The van der Waals surface area contributed by atoms with Crippen LogP contribution in [0.15, 0.2) is 48.5 Å². The summed E-state index contributed by atoms with van der Waals surface area (Å²) in [6.45, 7) is 2.90. The molecule has 30 heavy (non-hydrogen) atoms. The van der Waals surface area contributed by atoms with Gasteiger partial charge in [0, 0.05) is 30.9 Å². The molecule has 4 rings (SSSR count). The average molecular weight is 423 g/mol. The van der Waals surface area contributed by atoms with E-state index in [9.17, 15) is 4.79 Å². The molecule has 0 aliphatic carbocycles. The van der Waals surface area contributed by atoms with Crippen molar-refractivity contribution in [2.24, 2.45) is 0 Å². The maximum Gasteiger partial charge on any atom is 0.162 e. The summed E-state index contributed by atoms with van der Waals surface area (Å²) in [4.78, 5) is 20.2. The van der Waals surface area contributed by atoms with Crippen LogP contribution in [0.5, 0.6) is 0 Å². The van der Waals surface area contributed by atoms with Gasteiger partial charge in [-0.2, -0.15) is 0 Å². The molecule has 1 saturated heterocycles. The lowest BCUT2D eigenvalue weighted by atomic mass is 9.93. The molecular weight excluding hydrogens is 392 g/mol. The Morgan fingerprint density at radius 2 is 1.97 bits per heavy atom. The Kier molecular flexibility index (Phi) is 6.93. The number of ketones is 1. The number of methoxy groups -OCH3 is 1. The van der Waals surface area contributed by atoms with Gasteiger partial charge in [-0.3, -0.25) is 4.79 Å². The molecular formula is C25H30N2O2S. The fraction of sp³-hybridized carbons (Fsp3) is 0.440. The fourth-order valence-electron chi connectivity index (χ4n) is 4.27. The van der Waals surface area contributed by atoms with Crippen LogP contribution in [0.1, 0.15) is 58.4 Å². The van der Waals surface area contributed by atoms with E-state index in [1.807, 2.05) is 36.4 Å². The third-order valence-corrected chi connectivity index (χ3v) is 7.33. The van der Waals surface area contributed by atoms with Crippen LogP contribution in [0.4, 0.5) is 0 Å². The number of rotatable bonds is 8. The molecule has 2 aromatic carbocycles. The highest BCUT2D eigenvalue weighted by Crippen LogP contribution is 2.34. The molecule has 0 N–H and O–H groups in total. The van der Waals surface area contributed by atoms with E-state index in [0.29, 0.717) is 18.9 Å². The second kappa shape index (κ2) is 9.82. The molecule has 1 atom stereocenters. The SMILES string of the molecule is COC[C@H](CCC(=O)c1ccc2nc(C3CCN(C)CC3)sc2c1)c1ccccc1. The van der Waals surface area contributed by atoms with Crippen LogP contribution in [0.25, 0.3) is 10.2 Å². The summed E-state index contributed by atoms with van der Waals surface area (Å²) in [5, 5.41) is 1.23. The zero-order valence-corrected chi connectivity index (χ0v) is 18.7. The number of hydrogen-bond acceptors (Lipinski definition) is 5. The Bertz CT molecular complexity index is 977. The monoisotopic (exact) mass is 422 g/mol. The lowest BCUT2D eigenvalue weighted by Crippen LogP contribution is -2.29. The van der Waals surface area contributed by atoms with Crippen LogP contribution in [-0.4, -0.2) is 49.5 Å². The van der Waals surface area contributed by atoms with Gasteiger partial charge in [0.1, 0.15) is 0 Å². The van der Waals surface area contributed by atoms with Crippen LogP contribution >= 0.6 is 11.3 Å². The zero-order valence-electron chi connectivity index (χ0n) is 17.8. The van der Waals surface area contributed by atoms with Crippen molar-refractivity contribution in [2.45, 2.75) is 37.5 Å². The van der Waals surface area contributed by atoms with E-state index >= 15 is 0 Å². The topological polar surface area (TPSA) is 42.4 Å². The minimum absolute atomic E-state index is 0.197. The van der Waals surface area contributed by atoms with Crippen LogP contribution in [0.2, 0.25) is 0 Å². The molecule has 0 radical (unpaired) electrons. The third kappa shape index (κ3) is 4.97. The van der Waals surface area contributed by atoms with Crippen LogP contribution < -0.4 is 0 Å². The van der Waals surface area contributed by atoms with Crippen LogP contribution in [0.3, 0.4) is 0 Å². The zero-order chi connectivity index (χ0) is 20.9. The van der Waals surface area contributed by atoms with Gasteiger partial charge in [-0.15, -0.1) is 11.3 Å². The number of ether oxygens (including phenoxy) is 1. The average Bonchev–Trinajstić information content (AvgIpc) is 3.21. The van der Waals surface area contributed by atoms with Gasteiger partial charge in [-0.25, -0.2) is 4.98 Å². The van der Waals surface area contributed by atoms with Crippen molar-refractivity contribution < 1.29 is 9.53 Å². The minimum atomic E-state index is 0.197. The second-order valence-corrected chi connectivity index (χ2v) is 9.40. The highest BCUT2D eigenvalue weighted by Gasteiger charge is 2.22. The van der Waals surface area contributed by atoms with E-state index in [4.69, 9.17) is 9.72 Å². The molecule has 1 aliphatic heterocycles. The number of carbonyl (C=O) groups is 1. The van der Waals surface area contributed by atoms with E-state index in [0.717, 1.165) is 35.3 Å². The van der Waals surface area contributed by atoms with E-state index < -0.39 is 0 Å². The highest BCUT2D eigenvalue weighted by molar-refractivity contribution is 7.18. The van der Waals surface area contributed by atoms with E-state index in [1.54, 1.807) is 18.4 Å². The first-order valence-corrected chi connectivity index (χ1v) is 11.6. The molecule has 0 amide bonds. The molecule has 0 saturated carbocycles. The largest absolute Gasteiger partial charge is 0.384 e. The molecule has 2 heterocycles. The van der Waals surface area contributed by atoms with E-state index in [2.05, 4.69) is 24.1 Å². The molecule has 5 heteroatoms. The third-order valence-electron chi connectivity index (χ3n) is 6.15. The molecule has 0 unspecified atom stereocenters. The molecule has 1 fully saturated rings. The first kappa shape index (κ1) is 21.2. The number of thiazole rings is 1. The lowest BCUT2D eigenvalue weighted by Gasteiger charge is -2.27. The van der Waals surface area contributed by atoms with E-state index in [-0.39, 0.29) is 11.7 Å². The predicted molar refractivity (Wildman–Crippen MR) is 124 cm³/mol. The number of hydrogen-bond donors (Lipinski definition) is 0. The lowest BCUT2D eigenvalue weighted by molar-refractivity contribution is 0.0970. The quantitative estimate of drug-likeness (QED) is 0.450. The maximum absolute atomic E-state index is 12.9. The Labute approximate surface area is 182 Å². The number of Topliss-reactive ketones (excluding diaryl/α,β-unsaturated/α-hetero) is 1. The molecule has 1 aromatic heterocycles. The molecule has 1 aliphatic rings. The smallest absolute Gasteiger partial charge is 0.162 e. The van der Waals surface area contributed by atoms with Crippen molar-refractivity contribution in [1.82, 2.24) is 9.88 Å². The number of benzene rings is 2. The molecule has 4 nitrogen and oxygen atoms in total. The summed E-state index contributed by atoms with van der Waals surface area (Å²) >= 11 is 1.76.